The van der Waals surface area contributed by atoms with Gasteiger partial charge in [-0.1, -0.05) is 37.3 Å². The Morgan fingerprint density at radius 1 is 1.25 bits per heavy atom. The van der Waals surface area contributed by atoms with Crippen LogP contribution in [0.5, 0.6) is 0 Å². The van der Waals surface area contributed by atoms with Gasteiger partial charge in [0, 0.05) is 18.5 Å². The number of urea groups is 1. The number of nitrogens with zero attached hydrogens (tertiary/aromatic N) is 1. The lowest BCUT2D eigenvalue weighted by Crippen LogP contribution is -2.43. The Morgan fingerprint density at radius 2 is 1.90 bits per heavy atom. The van der Waals surface area contributed by atoms with Crippen LogP contribution in [0.4, 0.5) is 4.79 Å². The summed E-state index contributed by atoms with van der Waals surface area (Å²) >= 11 is 0. The van der Waals surface area contributed by atoms with Gasteiger partial charge >= 0.3 is 6.03 Å². The van der Waals surface area contributed by atoms with Crippen LogP contribution < -0.4 is 5.32 Å². The van der Waals surface area contributed by atoms with Crippen molar-refractivity contribution < 1.29 is 14.4 Å². The van der Waals surface area contributed by atoms with Gasteiger partial charge in [-0.2, -0.15) is 0 Å². The highest BCUT2D eigenvalue weighted by Gasteiger charge is 2.46. The Kier molecular flexibility index (Phi) is 3.88. The van der Waals surface area contributed by atoms with E-state index in [-0.39, 0.29) is 24.7 Å². The molecule has 0 saturated carbocycles. The summed E-state index contributed by atoms with van der Waals surface area (Å²) in [6.45, 7) is 3.66. The van der Waals surface area contributed by atoms with Gasteiger partial charge < -0.3 is 5.32 Å². The molecule has 1 N–H and O–H groups in total. The highest BCUT2D eigenvalue weighted by atomic mass is 16.2. The molecule has 1 fully saturated rings. The van der Waals surface area contributed by atoms with E-state index in [4.69, 9.17) is 0 Å². The SMILES string of the molecule is CCC1(C)NC(=O)N(CCC(=O)c2ccccc2)C1=O. The lowest BCUT2D eigenvalue weighted by atomic mass is 9.99. The second-order valence-electron chi connectivity index (χ2n) is 5.11. The molecule has 1 aromatic carbocycles. The van der Waals surface area contributed by atoms with E-state index < -0.39 is 11.6 Å². The molecule has 2 rings (SSSR count). The molecular formula is C15H18N2O3. The number of rotatable bonds is 5. The van der Waals surface area contributed by atoms with Gasteiger partial charge in [-0.25, -0.2) is 4.79 Å². The van der Waals surface area contributed by atoms with E-state index in [2.05, 4.69) is 5.32 Å². The van der Waals surface area contributed by atoms with Crippen LogP contribution in [0.25, 0.3) is 0 Å². The van der Waals surface area contributed by atoms with E-state index in [1.54, 1.807) is 31.2 Å². The second kappa shape index (κ2) is 5.45. The molecular weight excluding hydrogens is 256 g/mol. The number of amides is 3. The first-order chi connectivity index (χ1) is 9.48. The minimum Gasteiger partial charge on any atom is -0.323 e. The van der Waals surface area contributed by atoms with Crippen molar-refractivity contribution in [3.63, 3.8) is 0 Å². The maximum atomic E-state index is 12.1. The summed E-state index contributed by atoms with van der Waals surface area (Å²) in [6, 6.07) is 8.44. The number of nitrogens with one attached hydrogen (secondary N) is 1. The van der Waals surface area contributed by atoms with Crippen molar-refractivity contribution >= 4 is 17.7 Å². The van der Waals surface area contributed by atoms with Crippen molar-refractivity contribution in [1.29, 1.82) is 0 Å². The lowest BCUT2D eigenvalue weighted by Gasteiger charge is -2.19. The van der Waals surface area contributed by atoms with Gasteiger partial charge in [0.25, 0.3) is 5.91 Å². The van der Waals surface area contributed by atoms with Crippen molar-refractivity contribution in [3.8, 4) is 0 Å². The third-order valence-corrected chi connectivity index (χ3v) is 3.71. The molecule has 1 unspecified atom stereocenters. The monoisotopic (exact) mass is 274 g/mol. The van der Waals surface area contributed by atoms with Crippen LogP contribution in [0.15, 0.2) is 30.3 Å². The molecule has 1 aliphatic rings. The van der Waals surface area contributed by atoms with Crippen molar-refractivity contribution in [2.24, 2.45) is 0 Å². The zero-order valence-corrected chi connectivity index (χ0v) is 11.7. The molecule has 106 valence electrons. The van der Waals surface area contributed by atoms with Crippen LogP contribution in [0.3, 0.4) is 0 Å². The fourth-order valence-electron chi connectivity index (χ4n) is 2.17. The van der Waals surface area contributed by atoms with Crippen molar-refractivity contribution in [1.82, 2.24) is 10.2 Å². The normalized spacial score (nSPS) is 22.0. The maximum Gasteiger partial charge on any atom is 0.325 e. The molecule has 0 radical (unpaired) electrons. The van der Waals surface area contributed by atoms with Crippen molar-refractivity contribution in [2.75, 3.05) is 6.54 Å². The molecule has 1 heterocycles. The number of carbonyl (C=O) groups is 3. The molecule has 5 heteroatoms. The number of carbonyl (C=O) groups excluding carboxylic acids is 3. The van der Waals surface area contributed by atoms with Gasteiger partial charge in [0.05, 0.1) is 0 Å². The quantitative estimate of drug-likeness (QED) is 0.659. The first-order valence-electron chi connectivity index (χ1n) is 6.70. The van der Waals surface area contributed by atoms with E-state index >= 15 is 0 Å². The van der Waals surface area contributed by atoms with E-state index in [0.29, 0.717) is 12.0 Å². The minimum atomic E-state index is -0.840. The van der Waals surface area contributed by atoms with Gasteiger partial charge in [0.2, 0.25) is 0 Å². The van der Waals surface area contributed by atoms with Crippen LogP contribution >= 0.6 is 0 Å². The van der Waals surface area contributed by atoms with Gasteiger partial charge in [-0.15, -0.1) is 0 Å². The first kappa shape index (κ1) is 14.2. The molecule has 0 aliphatic carbocycles. The fraction of sp³-hybridized carbons (Fsp3) is 0.400. The van der Waals surface area contributed by atoms with Gasteiger partial charge in [0.1, 0.15) is 5.54 Å². The number of imide groups is 1. The molecule has 5 nitrogen and oxygen atoms in total. The molecule has 0 bridgehead atoms. The average Bonchev–Trinajstić information content (AvgIpc) is 2.68. The summed E-state index contributed by atoms with van der Waals surface area (Å²) < 4.78 is 0. The zero-order valence-electron chi connectivity index (χ0n) is 11.7. The number of benzene rings is 1. The Hall–Kier alpha value is -2.17. The standard InChI is InChI=1S/C15H18N2O3/c1-3-15(2)13(19)17(14(20)16-15)10-9-12(18)11-7-5-4-6-8-11/h4-8H,3,9-10H2,1-2H3,(H,16,20). The number of hydrogen-bond donors (Lipinski definition) is 1. The molecule has 1 aliphatic heterocycles. The Morgan fingerprint density at radius 3 is 2.45 bits per heavy atom. The Bertz CT molecular complexity index is 541. The third kappa shape index (κ3) is 2.57. The van der Waals surface area contributed by atoms with Crippen LogP contribution in [-0.4, -0.2) is 34.7 Å². The lowest BCUT2D eigenvalue weighted by molar-refractivity contribution is -0.130. The molecule has 0 aromatic heterocycles. The fourth-order valence-corrected chi connectivity index (χ4v) is 2.17. The molecule has 3 amide bonds. The highest BCUT2D eigenvalue weighted by molar-refractivity contribution is 6.07. The molecule has 1 aromatic rings. The van der Waals surface area contributed by atoms with Crippen LogP contribution in [0.2, 0.25) is 0 Å². The Balaban J connectivity index is 2.00. The van der Waals surface area contributed by atoms with Crippen LogP contribution in [0.1, 0.15) is 37.0 Å². The van der Waals surface area contributed by atoms with Crippen molar-refractivity contribution in [3.05, 3.63) is 35.9 Å². The summed E-state index contributed by atoms with van der Waals surface area (Å²) in [5, 5.41) is 2.67. The predicted octanol–water partition coefficient (Wildman–Crippen LogP) is 1.98. The second-order valence-corrected chi connectivity index (χ2v) is 5.11. The number of hydrogen-bond acceptors (Lipinski definition) is 3. The van der Waals surface area contributed by atoms with Crippen LogP contribution in [-0.2, 0) is 4.79 Å². The smallest absolute Gasteiger partial charge is 0.323 e. The minimum absolute atomic E-state index is 0.0729. The van der Waals surface area contributed by atoms with E-state index in [1.165, 1.54) is 0 Å². The zero-order chi connectivity index (χ0) is 14.8. The molecule has 1 saturated heterocycles. The van der Waals surface area contributed by atoms with Gasteiger partial charge in [-0.3, -0.25) is 14.5 Å². The van der Waals surface area contributed by atoms with Gasteiger partial charge in [0.15, 0.2) is 5.78 Å². The molecule has 1 atom stereocenters. The summed E-state index contributed by atoms with van der Waals surface area (Å²) in [5.41, 5.74) is -0.245. The van der Waals surface area contributed by atoms with Gasteiger partial charge in [-0.05, 0) is 13.3 Å². The molecule has 0 spiro atoms. The predicted molar refractivity (Wildman–Crippen MR) is 74.3 cm³/mol. The highest BCUT2D eigenvalue weighted by Crippen LogP contribution is 2.21. The summed E-state index contributed by atoms with van der Waals surface area (Å²) in [5.74, 6) is -0.331. The molecule has 20 heavy (non-hydrogen) atoms. The van der Waals surface area contributed by atoms with E-state index in [0.717, 1.165) is 4.90 Å². The summed E-state index contributed by atoms with van der Waals surface area (Å²) in [6.07, 6.45) is 0.670. The van der Waals surface area contributed by atoms with Crippen molar-refractivity contribution in [2.45, 2.75) is 32.2 Å². The number of ketones is 1. The topological polar surface area (TPSA) is 66.5 Å². The average molecular weight is 274 g/mol. The first-order valence-corrected chi connectivity index (χ1v) is 6.70. The Labute approximate surface area is 118 Å². The van der Waals surface area contributed by atoms with E-state index in [1.807, 2.05) is 13.0 Å². The summed E-state index contributed by atoms with van der Waals surface area (Å²) in [4.78, 5) is 37.0. The van der Waals surface area contributed by atoms with Crippen LogP contribution in [0, 0.1) is 0 Å². The maximum absolute atomic E-state index is 12.1. The third-order valence-electron chi connectivity index (χ3n) is 3.71. The number of Topliss-reactive ketones (excluding diaryl/α,β-unsaturated/α-hetero) is 1. The van der Waals surface area contributed by atoms with E-state index in [9.17, 15) is 14.4 Å². The largest absolute Gasteiger partial charge is 0.325 e. The summed E-state index contributed by atoms with van der Waals surface area (Å²) in [7, 11) is 0.